The molecule has 2 aromatic rings. The zero-order valence-electron chi connectivity index (χ0n) is 13.9. The minimum atomic E-state index is -0.551. The Morgan fingerprint density at radius 2 is 1.84 bits per heavy atom. The summed E-state index contributed by atoms with van der Waals surface area (Å²) in [5.74, 6) is -1.15. The van der Waals surface area contributed by atoms with Crippen LogP contribution in [0, 0.1) is 5.82 Å². The zero-order valence-corrected chi connectivity index (χ0v) is 13.9. The number of nitrogens with zero attached hydrogens (tertiary/aromatic N) is 6. The van der Waals surface area contributed by atoms with Crippen molar-refractivity contribution in [2.24, 2.45) is 0 Å². The van der Waals surface area contributed by atoms with E-state index >= 15 is 0 Å². The van der Waals surface area contributed by atoms with Gasteiger partial charge in [0.05, 0.1) is 5.92 Å². The summed E-state index contributed by atoms with van der Waals surface area (Å²) in [6.45, 7) is 3.52. The summed E-state index contributed by atoms with van der Waals surface area (Å²) in [6, 6.07) is 6.31. The number of benzene rings is 1. The van der Waals surface area contributed by atoms with Gasteiger partial charge >= 0.3 is 0 Å². The first-order valence-corrected chi connectivity index (χ1v) is 8.08. The lowest BCUT2D eigenvalue weighted by Gasteiger charge is -2.36. The Hall–Kier alpha value is -2.84. The smallest absolute Gasteiger partial charge is 0.244 e. The molecule has 3 rings (SSSR count). The lowest BCUT2D eigenvalue weighted by molar-refractivity contribution is -0.140. The lowest BCUT2D eigenvalue weighted by Crippen LogP contribution is -2.52. The third kappa shape index (κ3) is 3.81. The molecule has 1 atom stereocenters. The molecule has 0 spiro atoms. The lowest BCUT2D eigenvalue weighted by atomic mass is 9.99. The van der Waals surface area contributed by atoms with Crippen LogP contribution in [-0.4, -0.2) is 68.0 Å². The SMILES string of the molecule is CC(C(=O)N1CCN(C(=O)Cn2cnnn2)CC1)c1ccccc1F. The fraction of sp³-hybridized carbons (Fsp3) is 0.438. The van der Waals surface area contributed by atoms with Crippen LogP contribution >= 0.6 is 0 Å². The Bertz CT molecular complexity index is 743. The number of carbonyl (C=O) groups excluding carboxylic acids is 2. The van der Waals surface area contributed by atoms with Crippen molar-refractivity contribution in [3.8, 4) is 0 Å². The normalized spacial score (nSPS) is 15.9. The van der Waals surface area contributed by atoms with Gasteiger partial charge in [0.15, 0.2) is 0 Å². The number of tetrazole rings is 1. The third-order valence-electron chi connectivity index (χ3n) is 4.37. The molecular formula is C16H19FN6O2. The Morgan fingerprint density at radius 3 is 2.48 bits per heavy atom. The van der Waals surface area contributed by atoms with E-state index in [-0.39, 0.29) is 24.2 Å². The monoisotopic (exact) mass is 346 g/mol. The number of aromatic nitrogens is 4. The first kappa shape index (κ1) is 17.0. The second kappa shape index (κ2) is 7.37. The van der Waals surface area contributed by atoms with Gasteiger partial charge in [0, 0.05) is 26.2 Å². The molecule has 0 radical (unpaired) electrons. The van der Waals surface area contributed by atoms with E-state index in [1.54, 1.807) is 34.9 Å². The molecule has 0 bridgehead atoms. The van der Waals surface area contributed by atoms with Crippen LogP contribution in [0.5, 0.6) is 0 Å². The van der Waals surface area contributed by atoms with Gasteiger partial charge in [-0.15, -0.1) is 5.10 Å². The van der Waals surface area contributed by atoms with Crippen molar-refractivity contribution in [1.29, 1.82) is 0 Å². The van der Waals surface area contributed by atoms with Crippen molar-refractivity contribution < 1.29 is 14.0 Å². The van der Waals surface area contributed by atoms with Gasteiger partial charge in [0.1, 0.15) is 18.7 Å². The van der Waals surface area contributed by atoms with Crippen molar-refractivity contribution in [3.05, 3.63) is 42.0 Å². The molecule has 0 N–H and O–H groups in total. The molecule has 1 fully saturated rings. The molecule has 0 aliphatic carbocycles. The summed E-state index contributed by atoms with van der Waals surface area (Å²) < 4.78 is 15.2. The number of amides is 2. The largest absolute Gasteiger partial charge is 0.339 e. The number of halogens is 1. The van der Waals surface area contributed by atoms with Crippen molar-refractivity contribution in [2.75, 3.05) is 26.2 Å². The number of carbonyl (C=O) groups is 2. The van der Waals surface area contributed by atoms with Gasteiger partial charge in [0.25, 0.3) is 0 Å². The van der Waals surface area contributed by atoms with Crippen LogP contribution in [0.15, 0.2) is 30.6 Å². The summed E-state index contributed by atoms with van der Waals surface area (Å²) in [7, 11) is 0. The molecule has 2 heterocycles. The first-order valence-electron chi connectivity index (χ1n) is 8.08. The molecule has 2 amide bonds. The van der Waals surface area contributed by atoms with Crippen LogP contribution in [0.25, 0.3) is 0 Å². The van der Waals surface area contributed by atoms with Crippen molar-refractivity contribution in [3.63, 3.8) is 0 Å². The van der Waals surface area contributed by atoms with Crippen molar-refractivity contribution >= 4 is 11.8 Å². The second-order valence-electron chi connectivity index (χ2n) is 5.96. The van der Waals surface area contributed by atoms with E-state index in [9.17, 15) is 14.0 Å². The molecule has 1 saturated heterocycles. The van der Waals surface area contributed by atoms with Crippen molar-refractivity contribution in [1.82, 2.24) is 30.0 Å². The van der Waals surface area contributed by atoms with Crippen LogP contribution in [-0.2, 0) is 16.1 Å². The summed E-state index contributed by atoms with van der Waals surface area (Å²) >= 11 is 0. The van der Waals surface area contributed by atoms with Crippen LogP contribution in [0.2, 0.25) is 0 Å². The summed E-state index contributed by atoms with van der Waals surface area (Å²) in [5.41, 5.74) is 0.393. The number of piperazine rings is 1. The third-order valence-corrected chi connectivity index (χ3v) is 4.37. The van der Waals surface area contributed by atoms with Crippen LogP contribution in [0.4, 0.5) is 4.39 Å². The number of hydrogen-bond donors (Lipinski definition) is 0. The van der Waals surface area contributed by atoms with E-state index in [0.29, 0.717) is 31.7 Å². The topological polar surface area (TPSA) is 84.2 Å². The Morgan fingerprint density at radius 1 is 1.16 bits per heavy atom. The fourth-order valence-corrected chi connectivity index (χ4v) is 2.90. The van der Waals surface area contributed by atoms with Crippen LogP contribution in [0.3, 0.4) is 0 Å². The van der Waals surface area contributed by atoms with Gasteiger partial charge in [-0.25, -0.2) is 9.07 Å². The van der Waals surface area contributed by atoms with Gasteiger partial charge in [-0.3, -0.25) is 9.59 Å². The maximum absolute atomic E-state index is 13.9. The molecule has 1 aliphatic rings. The minimum Gasteiger partial charge on any atom is -0.339 e. The van der Waals surface area contributed by atoms with E-state index < -0.39 is 5.92 Å². The summed E-state index contributed by atoms with van der Waals surface area (Å²) in [4.78, 5) is 28.2. The second-order valence-corrected chi connectivity index (χ2v) is 5.96. The molecular weight excluding hydrogens is 327 g/mol. The molecule has 1 aliphatic heterocycles. The highest BCUT2D eigenvalue weighted by Gasteiger charge is 2.28. The highest BCUT2D eigenvalue weighted by molar-refractivity contribution is 5.84. The van der Waals surface area contributed by atoms with E-state index in [1.165, 1.54) is 17.1 Å². The van der Waals surface area contributed by atoms with Gasteiger partial charge < -0.3 is 9.80 Å². The molecule has 1 aromatic heterocycles. The van der Waals surface area contributed by atoms with E-state index in [0.717, 1.165) is 0 Å². The molecule has 25 heavy (non-hydrogen) atoms. The summed E-state index contributed by atoms with van der Waals surface area (Å²) in [6.07, 6.45) is 1.38. The molecule has 9 heteroatoms. The predicted molar refractivity (Wildman–Crippen MR) is 85.8 cm³/mol. The van der Waals surface area contributed by atoms with E-state index in [2.05, 4.69) is 15.5 Å². The standard InChI is InChI=1S/C16H19FN6O2/c1-12(13-4-2-3-5-14(13)17)16(25)22-8-6-21(7-9-22)15(24)10-23-11-18-19-20-23/h2-5,11-12H,6-10H2,1H3. The quantitative estimate of drug-likeness (QED) is 0.794. The minimum absolute atomic E-state index is 0.0760. The maximum Gasteiger partial charge on any atom is 0.244 e. The first-order chi connectivity index (χ1) is 12.1. The Labute approximate surface area is 144 Å². The van der Waals surface area contributed by atoms with Gasteiger partial charge in [-0.1, -0.05) is 18.2 Å². The predicted octanol–water partition coefficient (Wildman–Crippen LogP) is 0.287. The number of rotatable bonds is 4. The Balaban J connectivity index is 1.55. The average Bonchev–Trinajstić information content (AvgIpc) is 3.14. The van der Waals surface area contributed by atoms with E-state index in [4.69, 9.17) is 0 Å². The van der Waals surface area contributed by atoms with Gasteiger partial charge in [0.2, 0.25) is 11.8 Å². The summed E-state index contributed by atoms with van der Waals surface area (Å²) in [5, 5.41) is 10.6. The van der Waals surface area contributed by atoms with Gasteiger partial charge in [-0.2, -0.15) is 0 Å². The Kier molecular flexibility index (Phi) is 5.01. The number of hydrogen-bond acceptors (Lipinski definition) is 5. The fourth-order valence-electron chi connectivity index (χ4n) is 2.90. The highest BCUT2D eigenvalue weighted by atomic mass is 19.1. The highest BCUT2D eigenvalue weighted by Crippen LogP contribution is 2.21. The van der Waals surface area contributed by atoms with Crippen LogP contribution in [0.1, 0.15) is 18.4 Å². The molecule has 0 saturated carbocycles. The van der Waals surface area contributed by atoms with Crippen LogP contribution < -0.4 is 0 Å². The molecule has 132 valence electrons. The molecule has 8 nitrogen and oxygen atoms in total. The maximum atomic E-state index is 13.9. The van der Waals surface area contributed by atoms with E-state index in [1.807, 2.05) is 0 Å². The van der Waals surface area contributed by atoms with Gasteiger partial charge in [-0.05, 0) is 29.0 Å². The molecule has 1 aromatic carbocycles. The average molecular weight is 346 g/mol. The van der Waals surface area contributed by atoms with Crippen molar-refractivity contribution in [2.45, 2.75) is 19.4 Å². The molecule has 1 unspecified atom stereocenters. The zero-order chi connectivity index (χ0) is 17.8.